The van der Waals surface area contributed by atoms with Crippen LogP contribution in [0.15, 0.2) is 77.8 Å². The normalized spacial score (nSPS) is 12.9. The van der Waals surface area contributed by atoms with Gasteiger partial charge in [-0.2, -0.15) is 0 Å². The van der Waals surface area contributed by atoms with Gasteiger partial charge in [-0.1, -0.05) is 72.3 Å². The maximum absolute atomic E-state index is 12.5. The minimum Gasteiger partial charge on any atom is -0.267 e. The molecule has 0 fully saturated rings. The first-order valence-electron chi connectivity index (χ1n) is 7.32. The molecule has 23 heavy (non-hydrogen) atoms. The fourth-order valence-corrected chi connectivity index (χ4v) is 3.01. The molecular weight excluding hydrogens is 306 g/mol. The van der Waals surface area contributed by atoms with Gasteiger partial charge < -0.3 is 0 Å². The van der Waals surface area contributed by atoms with Crippen molar-refractivity contribution in [2.45, 2.75) is 0 Å². The quantitative estimate of drug-likeness (QED) is 0.654. The molecule has 1 heterocycles. The number of rotatable bonds is 2. The molecule has 0 N–H and O–H groups in total. The summed E-state index contributed by atoms with van der Waals surface area (Å²) in [6.07, 6.45) is 0. The van der Waals surface area contributed by atoms with Gasteiger partial charge in [0, 0.05) is 16.1 Å². The van der Waals surface area contributed by atoms with Gasteiger partial charge in [0.05, 0.1) is 11.3 Å². The predicted octanol–water partition coefficient (Wildman–Crippen LogP) is 5.00. The van der Waals surface area contributed by atoms with Crippen molar-refractivity contribution < 1.29 is 4.79 Å². The van der Waals surface area contributed by atoms with E-state index in [4.69, 9.17) is 11.6 Å². The Morgan fingerprint density at radius 3 is 2.13 bits per heavy atom. The Labute approximate surface area is 139 Å². The Balaban J connectivity index is 1.88. The Kier molecular flexibility index (Phi) is 3.32. The summed E-state index contributed by atoms with van der Waals surface area (Å²) in [5.41, 5.74) is 5.08. The van der Waals surface area contributed by atoms with E-state index in [0.29, 0.717) is 10.6 Å². The van der Waals surface area contributed by atoms with Crippen LogP contribution >= 0.6 is 11.6 Å². The highest BCUT2D eigenvalue weighted by molar-refractivity contribution is 6.31. The van der Waals surface area contributed by atoms with Gasteiger partial charge in [0.15, 0.2) is 0 Å². The number of halogens is 1. The van der Waals surface area contributed by atoms with Crippen LogP contribution in [0.4, 0.5) is 0 Å². The standard InChI is InChI=1S/C20H12ClNO/c21-15-11-9-13(10-12-15)16-7-4-8-17-18(16)20(23)22-19(17)14-5-2-1-3-6-14/h1-12H. The number of nitrogens with zero attached hydrogens (tertiary/aromatic N) is 1. The molecule has 1 aliphatic heterocycles. The predicted molar refractivity (Wildman–Crippen MR) is 93.3 cm³/mol. The highest BCUT2D eigenvalue weighted by Crippen LogP contribution is 2.32. The topological polar surface area (TPSA) is 29.4 Å². The Morgan fingerprint density at radius 1 is 0.696 bits per heavy atom. The smallest absolute Gasteiger partial charge is 0.267 e. The average molecular weight is 318 g/mol. The van der Waals surface area contributed by atoms with Crippen LogP contribution in [0.3, 0.4) is 0 Å². The van der Waals surface area contributed by atoms with Crippen LogP contribution in [0.2, 0.25) is 5.02 Å². The molecule has 0 bridgehead atoms. The van der Waals surface area contributed by atoms with Gasteiger partial charge in [-0.25, -0.2) is 4.99 Å². The number of amides is 1. The summed E-state index contributed by atoms with van der Waals surface area (Å²) >= 11 is 5.96. The number of carbonyl (C=O) groups excluding carboxylic acids is 1. The second-order valence-electron chi connectivity index (χ2n) is 5.37. The number of carbonyl (C=O) groups is 1. The molecule has 0 unspecified atom stereocenters. The van der Waals surface area contributed by atoms with E-state index < -0.39 is 0 Å². The van der Waals surface area contributed by atoms with Gasteiger partial charge >= 0.3 is 0 Å². The number of fused-ring (bicyclic) bond motifs is 1. The monoisotopic (exact) mass is 317 g/mol. The van der Waals surface area contributed by atoms with Crippen LogP contribution in [0.5, 0.6) is 0 Å². The van der Waals surface area contributed by atoms with Crippen LogP contribution in [0.25, 0.3) is 11.1 Å². The molecule has 3 aromatic carbocycles. The van der Waals surface area contributed by atoms with Gasteiger partial charge in [0.25, 0.3) is 5.91 Å². The zero-order valence-electron chi connectivity index (χ0n) is 12.2. The number of benzene rings is 3. The first kappa shape index (κ1) is 13.9. The van der Waals surface area contributed by atoms with E-state index in [1.165, 1.54) is 0 Å². The zero-order chi connectivity index (χ0) is 15.8. The number of aliphatic imine (C=N–C) groups is 1. The summed E-state index contributed by atoms with van der Waals surface area (Å²) in [6, 6.07) is 23.1. The fourth-order valence-electron chi connectivity index (χ4n) is 2.88. The summed E-state index contributed by atoms with van der Waals surface area (Å²) in [4.78, 5) is 16.8. The third-order valence-corrected chi connectivity index (χ3v) is 4.20. The lowest BCUT2D eigenvalue weighted by Gasteiger charge is -2.08. The maximum atomic E-state index is 12.5. The van der Waals surface area contributed by atoms with Crippen LogP contribution in [0.1, 0.15) is 21.5 Å². The number of hydrogen-bond donors (Lipinski definition) is 0. The fraction of sp³-hybridized carbons (Fsp3) is 0. The van der Waals surface area contributed by atoms with Crippen molar-refractivity contribution in [3.8, 4) is 11.1 Å². The largest absolute Gasteiger partial charge is 0.278 e. The molecule has 2 nitrogen and oxygen atoms in total. The summed E-state index contributed by atoms with van der Waals surface area (Å²) < 4.78 is 0. The van der Waals surface area contributed by atoms with E-state index >= 15 is 0 Å². The molecule has 0 saturated heterocycles. The summed E-state index contributed by atoms with van der Waals surface area (Å²) in [5, 5.41) is 0.675. The molecule has 0 saturated carbocycles. The lowest BCUT2D eigenvalue weighted by molar-refractivity contribution is 0.101. The molecule has 0 atom stereocenters. The molecule has 0 aromatic heterocycles. The van der Waals surface area contributed by atoms with Crippen molar-refractivity contribution >= 4 is 23.2 Å². The molecule has 110 valence electrons. The lowest BCUT2D eigenvalue weighted by Crippen LogP contribution is -2.01. The summed E-state index contributed by atoms with van der Waals surface area (Å²) in [7, 11) is 0. The van der Waals surface area contributed by atoms with Crippen molar-refractivity contribution in [2.24, 2.45) is 4.99 Å². The van der Waals surface area contributed by atoms with Crippen molar-refractivity contribution in [2.75, 3.05) is 0 Å². The molecule has 4 rings (SSSR count). The molecular formula is C20H12ClNO. The first-order chi connectivity index (χ1) is 11.2. The first-order valence-corrected chi connectivity index (χ1v) is 7.69. The third-order valence-electron chi connectivity index (χ3n) is 3.95. The molecule has 3 heteroatoms. The summed E-state index contributed by atoms with van der Waals surface area (Å²) in [5.74, 6) is -0.190. The van der Waals surface area contributed by atoms with Gasteiger partial charge in [0.1, 0.15) is 0 Å². The zero-order valence-corrected chi connectivity index (χ0v) is 12.9. The second kappa shape index (κ2) is 5.49. The van der Waals surface area contributed by atoms with Gasteiger partial charge in [0.2, 0.25) is 0 Å². The minimum atomic E-state index is -0.190. The van der Waals surface area contributed by atoms with E-state index in [2.05, 4.69) is 4.99 Å². The average Bonchev–Trinajstić information content (AvgIpc) is 2.94. The SMILES string of the molecule is O=C1N=C(c2ccccc2)c2cccc(-c3ccc(Cl)cc3)c21. The minimum absolute atomic E-state index is 0.190. The van der Waals surface area contributed by atoms with Crippen molar-refractivity contribution in [3.63, 3.8) is 0 Å². The maximum Gasteiger partial charge on any atom is 0.278 e. The molecule has 0 aliphatic carbocycles. The lowest BCUT2D eigenvalue weighted by atomic mass is 9.93. The summed E-state index contributed by atoms with van der Waals surface area (Å²) in [6.45, 7) is 0. The van der Waals surface area contributed by atoms with Crippen LogP contribution in [-0.2, 0) is 0 Å². The second-order valence-corrected chi connectivity index (χ2v) is 5.80. The van der Waals surface area contributed by atoms with Crippen molar-refractivity contribution in [1.29, 1.82) is 0 Å². The highest BCUT2D eigenvalue weighted by Gasteiger charge is 2.27. The Bertz CT molecular complexity index is 928. The van der Waals surface area contributed by atoms with E-state index in [1.807, 2.05) is 72.8 Å². The van der Waals surface area contributed by atoms with E-state index in [-0.39, 0.29) is 5.91 Å². The molecule has 0 radical (unpaired) electrons. The molecule has 3 aromatic rings. The van der Waals surface area contributed by atoms with E-state index in [1.54, 1.807) is 0 Å². The van der Waals surface area contributed by atoms with Crippen molar-refractivity contribution in [1.82, 2.24) is 0 Å². The Morgan fingerprint density at radius 2 is 1.39 bits per heavy atom. The van der Waals surface area contributed by atoms with E-state index in [9.17, 15) is 4.79 Å². The van der Waals surface area contributed by atoms with Gasteiger partial charge in [-0.05, 0) is 23.3 Å². The van der Waals surface area contributed by atoms with Crippen LogP contribution in [-0.4, -0.2) is 11.6 Å². The van der Waals surface area contributed by atoms with Gasteiger partial charge in [-0.3, -0.25) is 4.79 Å². The Hall–Kier alpha value is -2.71. The van der Waals surface area contributed by atoms with Crippen LogP contribution in [0, 0.1) is 0 Å². The molecule has 0 spiro atoms. The van der Waals surface area contributed by atoms with Gasteiger partial charge in [-0.15, -0.1) is 0 Å². The van der Waals surface area contributed by atoms with Crippen LogP contribution < -0.4 is 0 Å². The highest BCUT2D eigenvalue weighted by atomic mass is 35.5. The van der Waals surface area contributed by atoms with E-state index in [0.717, 1.165) is 28.0 Å². The van der Waals surface area contributed by atoms with Crippen molar-refractivity contribution in [3.05, 3.63) is 94.5 Å². The molecule has 1 amide bonds. The molecule has 1 aliphatic rings. The third kappa shape index (κ3) is 2.37. The number of hydrogen-bond acceptors (Lipinski definition) is 1.